The van der Waals surface area contributed by atoms with Crippen molar-refractivity contribution >= 4 is 21.5 Å². The van der Waals surface area contributed by atoms with Crippen LogP contribution in [0.1, 0.15) is 61.9 Å². The van der Waals surface area contributed by atoms with E-state index in [0.29, 0.717) is 38.6 Å². The van der Waals surface area contributed by atoms with Gasteiger partial charge in [-0.3, -0.25) is 4.55 Å². The van der Waals surface area contributed by atoms with Crippen LogP contribution in [0.5, 0.6) is 11.5 Å². The summed E-state index contributed by atoms with van der Waals surface area (Å²) in [6.45, 7) is 17.3. The van der Waals surface area contributed by atoms with Crippen LogP contribution in [0.2, 0.25) is 0 Å². The van der Waals surface area contributed by atoms with E-state index in [4.69, 9.17) is 9.47 Å². The Labute approximate surface area is 226 Å². The summed E-state index contributed by atoms with van der Waals surface area (Å²) in [5, 5.41) is 13.9. The van der Waals surface area contributed by atoms with Gasteiger partial charge in [0.1, 0.15) is 23.7 Å². The second kappa shape index (κ2) is 10.3. The molecule has 9 heteroatoms. The molecule has 1 atom stereocenters. The first-order valence-corrected chi connectivity index (χ1v) is 14.6. The molecule has 0 bridgehead atoms. The predicted octanol–water partition coefficient (Wildman–Crippen LogP) is 4.35. The van der Waals surface area contributed by atoms with E-state index in [1.54, 1.807) is 12.1 Å². The maximum absolute atomic E-state index is 11.6. The van der Waals surface area contributed by atoms with Crippen LogP contribution in [0, 0.1) is 20.8 Å². The molecule has 208 valence electrons. The molecule has 2 aromatic rings. The molecule has 0 spiro atoms. The van der Waals surface area contributed by atoms with Gasteiger partial charge in [0, 0.05) is 37.2 Å². The number of ether oxygens (including phenoxy) is 2. The second-order valence-electron chi connectivity index (χ2n) is 11.4. The Morgan fingerprint density at radius 2 is 1.79 bits per heavy atom. The van der Waals surface area contributed by atoms with Crippen LogP contribution >= 0.6 is 0 Å². The Morgan fingerprint density at radius 3 is 2.47 bits per heavy atom. The van der Waals surface area contributed by atoms with E-state index >= 15 is 0 Å². The van der Waals surface area contributed by atoms with E-state index in [1.165, 1.54) is 6.07 Å². The van der Waals surface area contributed by atoms with Crippen LogP contribution in [0.15, 0.2) is 23.1 Å². The highest BCUT2D eigenvalue weighted by atomic mass is 32.2. The standard InChI is InChI=1S/C29H40N2O6S/c1-18-19(2)27-23(20(3)26(18)32)10-11-29(7,37-27)17-30-12-14-36-15-13-31-21(4)28(5,6)24-16-22(38(33,34)35)8-9-25(24)31/h8-9,16,30H,10-15,17H2,1-7H3,(H-,32,33,34,35)/p+1. The van der Waals surface area contributed by atoms with Crippen molar-refractivity contribution < 1.29 is 32.1 Å². The van der Waals surface area contributed by atoms with E-state index in [-0.39, 0.29) is 15.9 Å². The third-order valence-corrected chi connectivity index (χ3v) is 9.36. The van der Waals surface area contributed by atoms with Gasteiger partial charge in [0.05, 0.1) is 16.9 Å². The summed E-state index contributed by atoms with van der Waals surface area (Å²) in [5.41, 5.74) is 6.17. The van der Waals surface area contributed by atoms with Crippen LogP contribution in [0.25, 0.3) is 0 Å². The minimum absolute atomic E-state index is 0.0843. The predicted molar refractivity (Wildman–Crippen MR) is 148 cm³/mol. The minimum atomic E-state index is -4.25. The van der Waals surface area contributed by atoms with Gasteiger partial charge < -0.3 is 19.9 Å². The number of hydrogen-bond donors (Lipinski definition) is 3. The van der Waals surface area contributed by atoms with Crippen molar-refractivity contribution in [2.45, 2.75) is 77.2 Å². The van der Waals surface area contributed by atoms with Gasteiger partial charge >= 0.3 is 0 Å². The molecule has 0 aliphatic carbocycles. The Hall–Kier alpha value is -2.46. The molecule has 0 aromatic heterocycles. The van der Waals surface area contributed by atoms with Crippen molar-refractivity contribution in [1.29, 1.82) is 0 Å². The van der Waals surface area contributed by atoms with Crippen molar-refractivity contribution in [1.82, 2.24) is 5.32 Å². The molecule has 0 radical (unpaired) electrons. The van der Waals surface area contributed by atoms with Crippen LogP contribution < -0.4 is 10.1 Å². The fourth-order valence-electron chi connectivity index (χ4n) is 5.59. The number of rotatable bonds is 9. The average molecular weight is 546 g/mol. The number of nitrogens with one attached hydrogen (secondary N) is 1. The zero-order valence-corrected chi connectivity index (χ0v) is 24.4. The minimum Gasteiger partial charge on any atom is -0.507 e. The van der Waals surface area contributed by atoms with Crippen LogP contribution in [0.4, 0.5) is 5.69 Å². The highest BCUT2D eigenvalue weighted by molar-refractivity contribution is 7.85. The molecule has 2 aliphatic rings. The number of hydrogen-bond acceptors (Lipinski definition) is 6. The summed E-state index contributed by atoms with van der Waals surface area (Å²) >= 11 is 0. The zero-order chi connectivity index (χ0) is 28.0. The zero-order valence-electron chi connectivity index (χ0n) is 23.6. The lowest BCUT2D eigenvalue weighted by molar-refractivity contribution is -0.443. The van der Waals surface area contributed by atoms with E-state index < -0.39 is 10.1 Å². The van der Waals surface area contributed by atoms with Gasteiger partial charge in [-0.05, 0) is 83.2 Å². The van der Waals surface area contributed by atoms with Gasteiger partial charge in [-0.15, -0.1) is 0 Å². The summed E-state index contributed by atoms with van der Waals surface area (Å²) in [6, 6.07) is 4.77. The first kappa shape index (κ1) is 28.5. The second-order valence-corrected chi connectivity index (χ2v) is 12.8. The SMILES string of the molecule is CC1=[N+](CCOCCNCC2(C)CCc3c(C)c(O)c(C)c(C)c3O2)c2ccc(S(=O)(=O)O)cc2C1(C)C. The molecule has 1 unspecified atom stereocenters. The smallest absolute Gasteiger partial charge is 0.294 e. The highest BCUT2D eigenvalue weighted by Crippen LogP contribution is 2.43. The Morgan fingerprint density at radius 1 is 1.08 bits per heavy atom. The number of nitrogens with zero attached hydrogens (tertiary/aromatic N) is 1. The summed E-state index contributed by atoms with van der Waals surface area (Å²) in [4.78, 5) is -0.0843. The molecule has 2 heterocycles. The summed E-state index contributed by atoms with van der Waals surface area (Å²) in [6.07, 6.45) is 1.75. The highest BCUT2D eigenvalue weighted by Gasteiger charge is 2.43. The number of phenolic OH excluding ortho intramolecular Hbond substituents is 1. The average Bonchev–Trinajstić information content (AvgIpc) is 3.05. The van der Waals surface area contributed by atoms with E-state index in [1.807, 2.05) is 27.7 Å². The van der Waals surface area contributed by atoms with Gasteiger partial charge in [0.2, 0.25) is 5.69 Å². The lowest BCUT2D eigenvalue weighted by atomic mass is 9.82. The van der Waals surface area contributed by atoms with Crippen molar-refractivity contribution in [3.8, 4) is 11.5 Å². The van der Waals surface area contributed by atoms with Gasteiger partial charge in [-0.1, -0.05) is 0 Å². The molecule has 2 aliphatic heterocycles. The first-order chi connectivity index (χ1) is 17.7. The van der Waals surface area contributed by atoms with Crippen molar-refractivity contribution in [3.63, 3.8) is 0 Å². The lowest BCUT2D eigenvalue weighted by Crippen LogP contribution is -2.46. The number of fused-ring (bicyclic) bond motifs is 2. The van der Waals surface area contributed by atoms with Crippen LogP contribution in [0.3, 0.4) is 0 Å². The van der Waals surface area contributed by atoms with Gasteiger partial charge in [0.15, 0.2) is 12.3 Å². The Kier molecular flexibility index (Phi) is 7.71. The normalized spacial score (nSPS) is 20.3. The molecule has 8 nitrogen and oxygen atoms in total. The maximum Gasteiger partial charge on any atom is 0.294 e. The number of benzene rings is 2. The third-order valence-electron chi connectivity index (χ3n) is 8.51. The molecule has 0 fully saturated rings. The summed E-state index contributed by atoms with van der Waals surface area (Å²) in [7, 11) is -4.25. The molecule has 4 rings (SSSR count). The quantitative estimate of drug-likeness (QED) is 0.244. The molecule has 0 saturated carbocycles. The molecule has 0 amide bonds. The van der Waals surface area contributed by atoms with Gasteiger partial charge in [-0.2, -0.15) is 13.0 Å². The molecule has 38 heavy (non-hydrogen) atoms. The molecular formula is C29H41N2O6S+. The van der Waals surface area contributed by atoms with E-state index in [0.717, 1.165) is 57.8 Å². The Balaban J connectivity index is 1.28. The Bertz CT molecular complexity index is 1400. The van der Waals surface area contributed by atoms with Gasteiger partial charge in [0.25, 0.3) is 10.1 Å². The molecule has 0 saturated heterocycles. The van der Waals surface area contributed by atoms with Crippen molar-refractivity contribution in [2.24, 2.45) is 0 Å². The van der Waals surface area contributed by atoms with Gasteiger partial charge in [-0.25, -0.2) is 0 Å². The monoisotopic (exact) mass is 545 g/mol. The van der Waals surface area contributed by atoms with E-state index in [9.17, 15) is 18.1 Å². The summed E-state index contributed by atoms with van der Waals surface area (Å²) < 4.78 is 47.3. The number of phenols is 1. The van der Waals surface area contributed by atoms with E-state index in [2.05, 4.69) is 30.7 Å². The fraction of sp³-hybridized carbons (Fsp3) is 0.552. The molecule has 3 N–H and O–H groups in total. The molecular weight excluding hydrogens is 504 g/mol. The molecule has 2 aromatic carbocycles. The largest absolute Gasteiger partial charge is 0.507 e. The van der Waals surface area contributed by atoms with Crippen LogP contribution in [-0.4, -0.2) is 66.8 Å². The maximum atomic E-state index is 11.6. The summed E-state index contributed by atoms with van der Waals surface area (Å²) in [5.74, 6) is 1.29. The van der Waals surface area contributed by atoms with Crippen molar-refractivity contribution in [3.05, 3.63) is 46.0 Å². The van der Waals surface area contributed by atoms with Crippen molar-refractivity contribution in [2.75, 3.05) is 32.8 Å². The topological polar surface area (TPSA) is 108 Å². The first-order valence-electron chi connectivity index (χ1n) is 13.2. The lowest BCUT2D eigenvalue weighted by Gasteiger charge is -2.38. The fourth-order valence-corrected chi connectivity index (χ4v) is 6.09. The third kappa shape index (κ3) is 5.21. The van der Waals surface area contributed by atoms with Crippen LogP contribution in [-0.2, 0) is 26.7 Å². The number of aromatic hydroxyl groups is 1.